The van der Waals surface area contributed by atoms with Gasteiger partial charge in [0.05, 0.1) is 0 Å². The van der Waals surface area contributed by atoms with Gasteiger partial charge in [0.2, 0.25) is 0 Å². The Balaban J connectivity index is 4.48. The van der Waals surface area contributed by atoms with Crippen molar-refractivity contribution in [2.75, 3.05) is 13.2 Å². The smallest absolute Gasteiger partial charge is 0.306 e. The van der Waals surface area contributed by atoms with Crippen molar-refractivity contribution in [3.63, 3.8) is 0 Å². The molecule has 0 rings (SSSR count). The van der Waals surface area contributed by atoms with Gasteiger partial charge < -0.3 is 14.2 Å². The van der Waals surface area contributed by atoms with Crippen molar-refractivity contribution in [3.8, 4) is 0 Å². The van der Waals surface area contributed by atoms with Gasteiger partial charge in [0, 0.05) is 19.3 Å². The lowest BCUT2D eigenvalue weighted by Crippen LogP contribution is -2.30. The van der Waals surface area contributed by atoms with E-state index in [-0.39, 0.29) is 37.5 Å². The molecule has 0 heterocycles. The number of rotatable bonds is 55. The number of unbranched alkanes of at least 4 members (excludes halogenated alkanes) is 16. The third-order valence-corrected chi connectivity index (χ3v) is 12.7. The van der Waals surface area contributed by atoms with Gasteiger partial charge in [-0.1, -0.05) is 268 Å². The molecule has 0 amide bonds. The highest BCUT2D eigenvalue weighted by Crippen LogP contribution is 2.14. The summed E-state index contributed by atoms with van der Waals surface area (Å²) < 4.78 is 16.8. The van der Waals surface area contributed by atoms with Gasteiger partial charge in [0.25, 0.3) is 0 Å². The van der Waals surface area contributed by atoms with Gasteiger partial charge in [-0.15, -0.1) is 0 Å². The average molecular weight is 1090 g/mol. The number of carbonyl (C=O) groups excluding carboxylic acids is 3. The Hall–Kier alpha value is -5.23. The van der Waals surface area contributed by atoms with E-state index in [1.54, 1.807) is 0 Å². The normalized spacial score (nSPS) is 13.3. The van der Waals surface area contributed by atoms with Gasteiger partial charge in [0.15, 0.2) is 6.10 Å². The maximum Gasteiger partial charge on any atom is 0.306 e. The van der Waals surface area contributed by atoms with Crippen LogP contribution in [0.3, 0.4) is 0 Å². The molecular weight excluding hydrogens is 973 g/mol. The Morgan fingerprint density at radius 3 is 0.772 bits per heavy atom. The van der Waals surface area contributed by atoms with Crippen molar-refractivity contribution >= 4 is 17.9 Å². The van der Waals surface area contributed by atoms with Crippen LogP contribution in [0, 0.1) is 0 Å². The van der Waals surface area contributed by atoms with Crippen LogP contribution in [0.5, 0.6) is 0 Å². The number of allylic oxidation sites excluding steroid dienone is 28. The van der Waals surface area contributed by atoms with E-state index in [9.17, 15) is 14.4 Å². The van der Waals surface area contributed by atoms with Gasteiger partial charge in [-0.3, -0.25) is 14.4 Å². The molecule has 0 aromatic heterocycles. The van der Waals surface area contributed by atoms with E-state index in [0.717, 1.165) is 154 Å². The highest BCUT2D eigenvalue weighted by atomic mass is 16.6. The summed E-state index contributed by atoms with van der Waals surface area (Å²) >= 11 is 0. The molecule has 0 aliphatic heterocycles. The predicted octanol–water partition coefficient (Wildman–Crippen LogP) is 21.9. The fraction of sp³-hybridized carbons (Fsp3) is 0.575. The lowest BCUT2D eigenvalue weighted by atomic mass is 10.1. The summed E-state index contributed by atoms with van der Waals surface area (Å²) in [6.07, 6.45) is 96.4. The number of hydrogen-bond acceptors (Lipinski definition) is 6. The van der Waals surface area contributed by atoms with Gasteiger partial charge in [-0.05, 0) is 135 Å². The first kappa shape index (κ1) is 73.8. The van der Waals surface area contributed by atoms with Crippen LogP contribution < -0.4 is 0 Å². The second-order valence-corrected chi connectivity index (χ2v) is 20.2. The largest absolute Gasteiger partial charge is 0.462 e. The molecule has 0 bridgehead atoms. The summed E-state index contributed by atoms with van der Waals surface area (Å²) in [5.41, 5.74) is 0. The number of hydrogen-bond donors (Lipinski definition) is 0. The van der Waals surface area contributed by atoms with Crippen LogP contribution in [-0.2, 0) is 28.6 Å². The molecule has 0 aliphatic rings. The van der Waals surface area contributed by atoms with E-state index < -0.39 is 6.10 Å². The van der Waals surface area contributed by atoms with Crippen molar-refractivity contribution in [2.45, 2.75) is 258 Å². The minimum absolute atomic E-state index is 0.109. The van der Waals surface area contributed by atoms with Crippen LogP contribution in [-0.4, -0.2) is 37.2 Å². The van der Waals surface area contributed by atoms with Crippen molar-refractivity contribution < 1.29 is 28.6 Å². The lowest BCUT2D eigenvalue weighted by molar-refractivity contribution is -0.167. The predicted molar refractivity (Wildman–Crippen MR) is 343 cm³/mol. The topological polar surface area (TPSA) is 78.9 Å². The van der Waals surface area contributed by atoms with Crippen LogP contribution in [0.2, 0.25) is 0 Å². The summed E-state index contributed by atoms with van der Waals surface area (Å²) in [7, 11) is 0. The van der Waals surface area contributed by atoms with E-state index in [1.807, 2.05) is 0 Å². The Bertz CT molecular complexity index is 1820. The van der Waals surface area contributed by atoms with Gasteiger partial charge >= 0.3 is 17.9 Å². The highest BCUT2D eigenvalue weighted by molar-refractivity contribution is 5.71. The zero-order chi connectivity index (χ0) is 57.1. The Morgan fingerprint density at radius 1 is 0.266 bits per heavy atom. The van der Waals surface area contributed by atoms with Gasteiger partial charge in [-0.2, -0.15) is 0 Å². The third kappa shape index (κ3) is 63.5. The molecule has 0 saturated carbocycles. The Kier molecular flexibility index (Phi) is 61.0. The second kappa shape index (κ2) is 65.3. The molecule has 0 aromatic rings. The van der Waals surface area contributed by atoms with Crippen LogP contribution in [0.15, 0.2) is 170 Å². The Labute approximate surface area is 485 Å². The molecule has 1 unspecified atom stereocenters. The van der Waals surface area contributed by atoms with Crippen molar-refractivity contribution in [3.05, 3.63) is 170 Å². The van der Waals surface area contributed by atoms with E-state index in [2.05, 4.69) is 191 Å². The Morgan fingerprint density at radius 2 is 0.494 bits per heavy atom. The highest BCUT2D eigenvalue weighted by Gasteiger charge is 2.19. The molecule has 79 heavy (non-hydrogen) atoms. The molecule has 0 saturated heterocycles. The molecule has 0 aliphatic carbocycles. The first-order chi connectivity index (χ1) is 39.0. The van der Waals surface area contributed by atoms with Crippen molar-refractivity contribution in [1.82, 2.24) is 0 Å². The number of ether oxygens (including phenoxy) is 3. The zero-order valence-electron chi connectivity index (χ0n) is 50.6. The van der Waals surface area contributed by atoms with Crippen LogP contribution >= 0.6 is 0 Å². The van der Waals surface area contributed by atoms with Crippen LogP contribution in [0.25, 0.3) is 0 Å². The molecule has 6 nitrogen and oxygen atoms in total. The van der Waals surface area contributed by atoms with Crippen LogP contribution in [0.1, 0.15) is 252 Å². The van der Waals surface area contributed by atoms with E-state index >= 15 is 0 Å². The van der Waals surface area contributed by atoms with Crippen molar-refractivity contribution in [2.24, 2.45) is 0 Å². The average Bonchev–Trinajstić information content (AvgIpc) is 3.45. The number of carbonyl (C=O) groups is 3. The van der Waals surface area contributed by atoms with Crippen molar-refractivity contribution in [1.29, 1.82) is 0 Å². The molecule has 6 heteroatoms. The number of esters is 3. The maximum absolute atomic E-state index is 12.9. The minimum atomic E-state index is -0.819. The third-order valence-electron chi connectivity index (χ3n) is 12.7. The molecular formula is C73H114O6. The molecule has 0 N–H and O–H groups in total. The fourth-order valence-electron chi connectivity index (χ4n) is 8.05. The van der Waals surface area contributed by atoms with E-state index in [4.69, 9.17) is 14.2 Å². The summed E-state index contributed by atoms with van der Waals surface area (Å²) in [5.74, 6) is -0.983. The molecule has 0 fully saturated rings. The van der Waals surface area contributed by atoms with Gasteiger partial charge in [0.1, 0.15) is 13.2 Å². The lowest BCUT2D eigenvalue weighted by Gasteiger charge is -2.18. The SMILES string of the molecule is CC/C=C\C/C=C\C/C=C\C/C=C\C/C=C\C/C=C\C/C=C\CCCCCC(=O)OCC(COC(=O)CCCCCCCCCCCCC)OC(=O)CCCCC/C=C\C/C=C\C/C=C\C/C=C\C/C=C\C/C=C\C/C=C\CC. The molecule has 0 aromatic carbocycles. The molecule has 442 valence electrons. The molecule has 0 spiro atoms. The van der Waals surface area contributed by atoms with Crippen LogP contribution in [0.4, 0.5) is 0 Å². The van der Waals surface area contributed by atoms with Gasteiger partial charge in [-0.25, -0.2) is 0 Å². The monoisotopic (exact) mass is 1090 g/mol. The molecule has 1 atom stereocenters. The maximum atomic E-state index is 12.9. The zero-order valence-corrected chi connectivity index (χ0v) is 50.6. The van der Waals surface area contributed by atoms with E-state index in [1.165, 1.54) is 51.4 Å². The molecule has 0 radical (unpaired) electrons. The fourth-order valence-corrected chi connectivity index (χ4v) is 8.05. The standard InChI is InChI=1S/C73H114O6/c1-4-7-10-13-16-19-22-24-26-28-30-32-34-36-38-40-42-44-46-48-51-54-57-60-63-66-72(75)78-69-70(68-77-71(74)65-62-59-56-53-50-21-18-15-12-9-6-3)79-73(76)67-64-61-58-55-52-49-47-45-43-41-39-37-35-33-31-29-27-25-23-20-17-14-11-8-5-2/h7-8,10-11,16-17,19-20,24-27,30-33,36-39,42-45,48-49,51-52,70H,4-6,9,12-15,18,21-23,28-29,34-35,40-41,46-47,50,53-69H2,1-3H3/b10-7-,11-8-,19-16-,20-17-,26-24-,27-25-,32-30-,33-31-,38-36-,39-37-,44-42-,45-43-,51-48-,52-49-. The quantitative estimate of drug-likeness (QED) is 0.0261. The first-order valence-electron chi connectivity index (χ1n) is 31.6. The summed E-state index contributed by atoms with van der Waals surface area (Å²) in [6, 6.07) is 0. The summed E-state index contributed by atoms with van der Waals surface area (Å²) in [4.78, 5) is 38.2. The second-order valence-electron chi connectivity index (χ2n) is 20.2. The van der Waals surface area contributed by atoms with E-state index in [0.29, 0.717) is 19.3 Å². The minimum Gasteiger partial charge on any atom is -0.462 e. The summed E-state index contributed by atoms with van der Waals surface area (Å²) in [6.45, 7) is 6.34. The summed E-state index contributed by atoms with van der Waals surface area (Å²) in [5, 5.41) is 0. The first-order valence-corrected chi connectivity index (χ1v) is 31.6.